The van der Waals surface area contributed by atoms with Crippen molar-refractivity contribution in [1.29, 1.82) is 0 Å². The summed E-state index contributed by atoms with van der Waals surface area (Å²) < 4.78 is 15.6. The van der Waals surface area contributed by atoms with Crippen molar-refractivity contribution in [3.63, 3.8) is 0 Å². The summed E-state index contributed by atoms with van der Waals surface area (Å²) in [5, 5.41) is 0.794. The highest BCUT2D eigenvalue weighted by Gasteiger charge is 2.17. The fourth-order valence-electron chi connectivity index (χ4n) is 1.88. The summed E-state index contributed by atoms with van der Waals surface area (Å²) in [6, 6.07) is 6.90. The molecule has 0 aliphatic rings. The Labute approximate surface area is 108 Å². The topological polar surface area (TPSA) is 65.5 Å². The molecule has 0 bridgehead atoms. The number of carbonyl (C=O) groups is 1. The third-order valence-corrected chi connectivity index (χ3v) is 2.69. The van der Waals surface area contributed by atoms with Crippen molar-refractivity contribution in [2.75, 3.05) is 6.61 Å². The van der Waals surface area contributed by atoms with Gasteiger partial charge in [0.25, 0.3) is 0 Å². The minimum atomic E-state index is -0.478. The van der Waals surface area contributed by atoms with E-state index in [0.29, 0.717) is 23.6 Å². The van der Waals surface area contributed by atoms with Gasteiger partial charge in [0.2, 0.25) is 0 Å². The van der Waals surface area contributed by atoms with Gasteiger partial charge in [0.05, 0.1) is 19.1 Å². The Bertz CT molecular complexity index is 712. The van der Waals surface area contributed by atoms with Crippen LogP contribution >= 0.6 is 0 Å². The van der Waals surface area contributed by atoms with Gasteiger partial charge in [-0.25, -0.2) is 9.78 Å². The van der Waals surface area contributed by atoms with Gasteiger partial charge in [-0.3, -0.25) is 0 Å². The van der Waals surface area contributed by atoms with E-state index in [1.807, 2.05) is 0 Å². The third-order valence-electron chi connectivity index (χ3n) is 2.69. The Morgan fingerprint density at radius 1 is 1.32 bits per heavy atom. The lowest BCUT2D eigenvalue weighted by Crippen LogP contribution is -2.07. The number of aromatic nitrogens is 1. The van der Waals surface area contributed by atoms with Crippen molar-refractivity contribution in [1.82, 2.24) is 4.98 Å². The SMILES string of the molecule is CCOC(=O)c1cc2occc2c(-c2ccco2)n1. The molecule has 5 heteroatoms. The average molecular weight is 257 g/mol. The number of fused-ring (bicyclic) bond motifs is 1. The Balaban J connectivity index is 2.19. The van der Waals surface area contributed by atoms with Crippen molar-refractivity contribution in [3.8, 4) is 11.5 Å². The van der Waals surface area contributed by atoms with E-state index in [1.165, 1.54) is 0 Å². The maximum atomic E-state index is 11.8. The summed E-state index contributed by atoms with van der Waals surface area (Å²) in [6.45, 7) is 2.05. The van der Waals surface area contributed by atoms with Crippen LogP contribution in [-0.4, -0.2) is 17.6 Å². The lowest BCUT2D eigenvalue weighted by Gasteiger charge is -2.04. The molecule has 0 spiro atoms. The molecular weight excluding hydrogens is 246 g/mol. The standard InChI is InChI=1S/C14H11NO4/c1-2-17-14(16)10-8-12-9(5-7-19-12)13(15-10)11-4-3-6-18-11/h3-8H,2H2,1H3. The molecule has 0 amide bonds. The van der Waals surface area contributed by atoms with E-state index in [1.54, 1.807) is 43.7 Å². The first-order valence-corrected chi connectivity index (χ1v) is 5.89. The highest BCUT2D eigenvalue weighted by Crippen LogP contribution is 2.28. The molecule has 0 unspecified atom stereocenters. The number of esters is 1. The normalized spacial score (nSPS) is 10.8. The van der Waals surface area contributed by atoms with Crippen LogP contribution in [0, 0.1) is 0 Å². The van der Waals surface area contributed by atoms with E-state index in [-0.39, 0.29) is 5.69 Å². The van der Waals surface area contributed by atoms with E-state index >= 15 is 0 Å². The molecule has 0 N–H and O–H groups in total. The highest BCUT2D eigenvalue weighted by atomic mass is 16.5. The van der Waals surface area contributed by atoms with Gasteiger partial charge in [0.15, 0.2) is 11.5 Å². The summed E-state index contributed by atoms with van der Waals surface area (Å²) in [6.07, 6.45) is 3.10. The molecule has 0 aliphatic carbocycles. The number of furan rings is 2. The number of rotatable bonds is 3. The van der Waals surface area contributed by atoms with Gasteiger partial charge in [-0.05, 0) is 25.1 Å². The van der Waals surface area contributed by atoms with Crippen LogP contribution in [0.5, 0.6) is 0 Å². The Morgan fingerprint density at radius 2 is 2.21 bits per heavy atom. The minimum absolute atomic E-state index is 0.204. The smallest absolute Gasteiger partial charge is 0.357 e. The number of carbonyl (C=O) groups excluding carboxylic acids is 1. The van der Waals surface area contributed by atoms with Crippen molar-refractivity contribution < 1.29 is 18.4 Å². The number of nitrogens with zero attached hydrogens (tertiary/aromatic N) is 1. The molecule has 0 aromatic carbocycles. The van der Waals surface area contributed by atoms with Gasteiger partial charge >= 0.3 is 5.97 Å². The van der Waals surface area contributed by atoms with E-state index < -0.39 is 5.97 Å². The summed E-state index contributed by atoms with van der Waals surface area (Å²) >= 11 is 0. The first-order chi connectivity index (χ1) is 9.29. The Hall–Kier alpha value is -2.56. The van der Waals surface area contributed by atoms with Crippen LogP contribution in [0.1, 0.15) is 17.4 Å². The van der Waals surface area contributed by atoms with Crippen LogP contribution in [0.4, 0.5) is 0 Å². The molecular formula is C14H11NO4. The molecule has 0 aliphatic heterocycles. The van der Waals surface area contributed by atoms with Crippen LogP contribution in [0.2, 0.25) is 0 Å². The van der Waals surface area contributed by atoms with E-state index in [0.717, 1.165) is 5.39 Å². The number of ether oxygens (including phenoxy) is 1. The molecule has 3 heterocycles. The van der Waals surface area contributed by atoms with Gasteiger partial charge in [0, 0.05) is 11.5 Å². The van der Waals surface area contributed by atoms with Crippen molar-refractivity contribution in [2.45, 2.75) is 6.92 Å². The van der Waals surface area contributed by atoms with Crippen LogP contribution < -0.4 is 0 Å². The molecule has 3 aromatic rings. The predicted octanol–water partition coefficient (Wildman–Crippen LogP) is 3.26. The van der Waals surface area contributed by atoms with Crippen LogP contribution in [0.25, 0.3) is 22.4 Å². The molecule has 0 radical (unpaired) electrons. The monoisotopic (exact) mass is 257 g/mol. The summed E-state index contributed by atoms with van der Waals surface area (Å²) in [5.74, 6) is 0.103. The molecule has 96 valence electrons. The summed E-state index contributed by atoms with van der Waals surface area (Å²) in [7, 11) is 0. The second-order valence-corrected chi connectivity index (χ2v) is 3.89. The third kappa shape index (κ3) is 1.99. The second kappa shape index (κ2) is 4.61. The fourth-order valence-corrected chi connectivity index (χ4v) is 1.88. The largest absolute Gasteiger partial charge is 0.464 e. The molecule has 0 fully saturated rings. The van der Waals surface area contributed by atoms with Gasteiger partial charge in [-0.15, -0.1) is 0 Å². The molecule has 0 saturated carbocycles. The zero-order chi connectivity index (χ0) is 13.2. The van der Waals surface area contributed by atoms with Gasteiger partial charge < -0.3 is 13.6 Å². The first-order valence-electron chi connectivity index (χ1n) is 5.89. The first kappa shape index (κ1) is 11.5. The predicted molar refractivity (Wildman–Crippen MR) is 67.7 cm³/mol. The van der Waals surface area contributed by atoms with E-state index in [4.69, 9.17) is 13.6 Å². The number of hydrogen-bond acceptors (Lipinski definition) is 5. The minimum Gasteiger partial charge on any atom is -0.464 e. The van der Waals surface area contributed by atoms with Crippen LogP contribution in [0.3, 0.4) is 0 Å². The van der Waals surface area contributed by atoms with Gasteiger partial charge in [-0.2, -0.15) is 0 Å². The Kier molecular flexibility index (Phi) is 2.79. The second-order valence-electron chi connectivity index (χ2n) is 3.89. The van der Waals surface area contributed by atoms with E-state index in [9.17, 15) is 4.79 Å². The van der Waals surface area contributed by atoms with Gasteiger partial charge in [0.1, 0.15) is 11.3 Å². The molecule has 0 atom stereocenters. The highest BCUT2D eigenvalue weighted by molar-refractivity contribution is 5.97. The fraction of sp³-hybridized carbons (Fsp3) is 0.143. The average Bonchev–Trinajstić information content (AvgIpc) is 3.09. The summed E-state index contributed by atoms with van der Waals surface area (Å²) in [4.78, 5) is 16.1. The van der Waals surface area contributed by atoms with Crippen LogP contribution in [-0.2, 0) is 4.74 Å². The lowest BCUT2D eigenvalue weighted by molar-refractivity contribution is 0.0519. The number of pyridine rings is 1. The molecule has 3 rings (SSSR count). The quantitative estimate of drug-likeness (QED) is 0.674. The Morgan fingerprint density at radius 3 is 2.95 bits per heavy atom. The number of hydrogen-bond donors (Lipinski definition) is 0. The van der Waals surface area contributed by atoms with Crippen molar-refractivity contribution in [2.24, 2.45) is 0 Å². The van der Waals surface area contributed by atoms with Gasteiger partial charge in [-0.1, -0.05) is 0 Å². The maximum Gasteiger partial charge on any atom is 0.357 e. The zero-order valence-electron chi connectivity index (χ0n) is 10.3. The molecule has 19 heavy (non-hydrogen) atoms. The van der Waals surface area contributed by atoms with Crippen molar-refractivity contribution >= 4 is 16.9 Å². The van der Waals surface area contributed by atoms with Crippen molar-refractivity contribution in [3.05, 3.63) is 42.5 Å². The molecule has 0 saturated heterocycles. The van der Waals surface area contributed by atoms with E-state index in [2.05, 4.69) is 4.98 Å². The van der Waals surface area contributed by atoms with Crippen LogP contribution in [0.15, 0.2) is 45.6 Å². The zero-order valence-corrected chi connectivity index (χ0v) is 10.3. The molecule has 5 nitrogen and oxygen atoms in total. The molecule has 3 aromatic heterocycles. The lowest BCUT2D eigenvalue weighted by atomic mass is 10.2. The maximum absolute atomic E-state index is 11.8. The summed E-state index contributed by atoms with van der Waals surface area (Å²) in [5.41, 5.74) is 1.35.